The third-order valence-electron chi connectivity index (χ3n) is 5.15. The molecule has 0 aromatic carbocycles. The summed E-state index contributed by atoms with van der Waals surface area (Å²) in [6, 6.07) is 0.644. The number of aliphatic hydroxyl groups is 1. The Morgan fingerprint density at radius 3 is 2.32 bits per heavy atom. The van der Waals surface area contributed by atoms with Crippen LogP contribution >= 0.6 is 0 Å². The van der Waals surface area contributed by atoms with Gasteiger partial charge >= 0.3 is 0 Å². The van der Waals surface area contributed by atoms with E-state index in [0.29, 0.717) is 18.6 Å². The van der Waals surface area contributed by atoms with Gasteiger partial charge in [0.1, 0.15) is 0 Å². The van der Waals surface area contributed by atoms with Crippen LogP contribution in [0.4, 0.5) is 0 Å². The zero-order chi connectivity index (χ0) is 13.1. The minimum Gasteiger partial charge on any atom is -0.394 e. The molecule has 110 valence electrons. The SMILES string of the molecule is OCC(COCC1CCCCC1)(NC1CC1)C1CC1. The summed E-state index contributed by atoms with van der Waals surface area (Å²) in [5, 5.41) is 13.5. The van der Waals surface area contributed by atoms with Gasteiger partial charge in [-0.25, -0.2) is 0 Å². The van der Waals surface area contributed by atoms with E-state index in [-0.39, 0.29) is 12.1 Å². The van der Waals surface area contributed by atoms with Gasteiger partial charge in [0, 0.05) is 12.6 Å². The molecule has 0 bridgehead atoms. The Hall–Kier alpha value is -0.120. The Morgan fingerprint density at radius 2 is 1.74 bits per heavy atom. The van der Waals surface area contributed by atoms with Crippen LogP contribution in [0.1, 0.15) is 57.8 Å². The molecule has 2 N–H and O–H groups in total. The van der Waals surface area contributed by atoms with E-state index in [4.69, 9.17) is 4.74 Å². The lowest BCUT2D eigenvalue weighted by molar-refractivity contribution is 0.00398. The Morgan fingerprint density at radius 1 is 1.00 bits per heavy atom. The molecule has 0 aromatic heterocycles. The third kappa shape index (κ3) is 3.71. The molecule has 0 amide bonds. The molecule has 3 aliphatic rings. The molecule has 1 atom stereocenters. The van der Waals surface area contributed by atoms with Crippen LogP contribution < -0.4 is 5.32 Å². The predicted molar refractivity (Wildman–Crippen MR) is 76.1 cm³/mol. The first-order valence-electron chi connectivity index (χ1n) is 8.29. The number of aliphatic hydroxyl groups excluding tert-OH is 1. The van der Waals surface area contributed by atoms with Gasteiger partial charge in [0.15, 0.2) is 0 Å². The second kappa shape index (κ2) is 6.11. The fraction of sp³-hybridized carbons (Fsp3) is 1.00. The van der Waals surface area contributed by atoms with E-state index in [1.165, 1.54) is 57.8 Å². The first-order valence-corrected chi connectivity index (χ1v) is 8.29. The van der Waals surface area contributed by atoms with E-state index in [9.17, 15) is 5.11 Å². The second-order valence-electron chi connectivity index (χ2n) is 7.03. The quantitative estimate of drug-likeness (QED) is 0.710. The number of hydrogen-bond donors (Lipinski definition) is 2. The summed E-state index contributed by atoms with van der Waals surface area (Å²) < 4.78 is 6.04. The van der Waals surface area contributed by atoms with Gasteiger partial charge in [0.05, 0.1) is 18.8 Å². The maximum Gasteiger partial charge on any atom is 0.0681 e. The van der Waals surface area contributed by atoms with Gasteiger partial charge in [-0.2, -0.15) is 0 Å². The van der Waals surface area contributed by atoms with Gasteiger partial charge in [-0.05, 0) is 50.4 Å². The van der Waals surface area contributed by atoms with Crippen molar-refractivity contribution in [3.05, 3.63) is 0 Å². The highest BCUT2D eigenvalue weighted by atomic mass is 16.5. The van der Waals surface area contributed by atoms with E-state index in [1.54, 1.807) is 0 Å². The van der Waals surface area contributed by atoms with Gasteiger partial charge in [0.2, 0.25) is 0 Å². The van der Waals surface area contributed by atoms with Gasteiger partial charge < -0.3 is 15.2 Å². The summed E-state index contributed by atoms with van der Waals surface area (Å²) >= 11 is 0. The van der Waals surface area contributed by atoms with Crippen molar-refractivity contribution >= 4 is 0 Å². The van der Waals surface area contributed by atoms with E-state index in [0.717, 1.165) is 12.5 Å². The average molecular weight is 267 g/mol. The zero-order valence-electron chi connectivity index (χ0n) is 12.1. The first-order chi connectivity index (χ1) is 9.32. The van der Waals surface area contributed by atoms with Crippen LogP contribution in [0.15, 0.2) is 0 Å². The highest BCUT2D eigenvalue weighted by molar-refractivity contribution is 5.04. The van der Waals surface area contributed by atoms with E-state index >= 15 is 0 Å². The Labute approximate surface area is 117 Å². The Bertz CT molecular complexity index is 282. The first kappa shape index (κ1) is 13.8. The van der Waals surface area contributed by atoms with Gasteiger partial charge in [0.25, 0.3) is 0 Å². The summed E-state index contributed by atoms with van der Waals surface area (Å²) in [5.41, 5.74) is -0.129. The van der Waals surface area contributed by atoms with Crippen LogP contribution in [0.3, 0.4) is 0 Å². The Kier molecular flexibility index (Phi) is 4.45. The minimum absolute atomic E-state index is 0.129. The standard InChI is InChI=1S/C16H29NO2/c18-11-16(14-6-7-14,17-15-8-9-15)12-19-10-13-4-2-1-3-5-13/h13-15,17-18H,1-12H2. The highest BCUT2D eigenvalue weighted by Gasteiger charge is 2.47. The van der Waals surface area contributed by atoms with Crippen LogP contribution in [0.25, 0.3) is 0 Å². The minimum atomic E-state index is -0.129. The molecule has 3 rings (SSSR count). The fourth-order valence-electron chi connectivity index (χ4n) is 3.53. The maximum absolute atomic E-state index is 9.86. The van der Waals surface area contributed by atoms with Gasteiger partial charge in [-0.3, -0.25) is 0 Å². The topological polar surface area (TPSA) is 41.5 Å². The van der Waals surface area contributed by atoms with Gasteiger partial charge in [-0.1, -0.05) is 19.3 Å². The molecule has 0 aliphatic heterocycles. The van der Waals surface area contributed by atoms with Crippen molar-refractivity contribution in [1.82, 2.24) is 5.32 Å². The lowest BCUT2D eigenvalue weighted by Gasteiger charge is -2.34. The number of hydrogen-bond acceptors (Lipinski definition) is 3. The lowest BCUT2D eigenvalue weighted by atomic mass is 9.90. The number of rotatable bonds is 8. The smallest absolute Gasteiger partial charge is 0.0681 e. The molecule has 0 heterocycles. The average Bonchev–Trinajstić information content (AvgIpc) is 3.31. The molecule has 3 nitrogen and oxygen atoms in total. The second-order valence-corrected chi connectivity index (χ2v) is 7.03. The molecule has 3 heteroatoms. The fourth-order valence-corrected chi connectivity index (χ4v) is 3.53. The zero-order valence-corrected chi connectivity index (χ0v) is 12.1. The molecule has 0 radical (unpaired) electrons. The third-order valence-corrected chi connectivity index (χ3v) is 5.15. The van der Waals surface area contributed by atoms with Crippen LogP contribution in [-0.4, -0.2) is 36.5 Å². The van der Waals surface area contributed by atoms with Crippen molar-refractivity contribution in [1.29, 1.82) is 0 Å². The van der Waals surface area contributed by atoms with Gasteiger partial charge in [-0.15, -0.1) is 0 Å². The van der Waals surface area contributed by atoms with E-state index in [2.05, 4.69) is 5.32 Å². The highest BCUT2D eigenvalue weighted by Crippen LogP contribution is 2.41. The monoisotopic (exact) mass is 267 g/mol. The largest absolute Gasteiger partial charge is 0.394 e. The molecule has 1 unspecified atom stereocenters. The van der Waals surface area contributed by atoms with Crippen molar-refractivity contribution in [2.45, 2.75) is 69.4 Å². The predicted octanol–water partition coefficient (Wildman–Crippen LogP) is 2.48. The molecule has 3 fully saturated rings. The van der Waals surface area contributed by atoms with E-state index < -0.39 is 0 Å². The number of ether oxygens (including phenoxy) is 1. The molecule has 3 aliphatic carbocycles. The molecular formula is C16H29NO2. The van der Waals surface area contributed by atoms with Crippen molar-refractivity contribution in [3.63, 3.8) is 0 Å². The van der Waals surface area contributed by atoms with Crippen molar-refractivity contribution in [2.24, 2.45) is 11.8 Å². The van der Waals surface area contributed by atoms with Crippen LogP contribution in [0.2, 0.25) is 0 Å². The molecule has 0 saturated heterocycles. The maximum atomic E-state index is 9.86. The lowest BCUT2D eigenvalue weighted by Crippen LogP contribution is -2.55. The molecule has 0 aromatic rings. The summed E-state index contributed by atoms with van der Waals surface area (Å²) in [6.45, 7) is 1.85. The summed E-state index contributed by atoms with van der Waals surface area (Å²) in [6.07, 6.45) is 11.9. The van der Waals surface area contributed by atoms with Crippen LogP contribution in [0.5, 0.6) is 0 Å². The molecule has 0 spiro atoms. The van der Waals surface area contributed by atoms with Crippen molar-refractivity contribution in [3.8, 4) is 0 Å². The Balaban J connectivity index is 1.46. The molecule has 3 saturated carbocycles. The van der Waals surface area contributed by atoms with Crippen LogP contribution in [0, 0.1) is 11.8 Å². The van der Waals surface area contributed by atoms with E-state index in [1.807, 2.05) is 0 Å². The summed E-state index contributed by atoms with van der Waals surface area (Å²) in [5.74, 6) is 1.41. The summed E-state index contributed by atoms with van der Waals surface area (Å²) in [4.78, 5) is 0. The number of nitrogens with one attached hydrogen (secondary N) is 1. The normalized spacial score (nSPS) is 28.3. The summed E-state index contributed by atoms with van der Waals surface area (Å²) in [7, 11) is 0. The molecule has 19 heavy (non-hydrogen) atoms. The molecular weight excluding hydrogens is 238 g/mol. The van der Waals surface area contributed by atoms with Crippen LogP contribution in [-0.2, 0) is 4.74 Å². The van der Waals surface area contributed by atoms with Crippen molar-refractivity contribution in [2.75, 3.05) is 19.8 Å². The van der Waals surface area contributed by atoms with Crippen molar-refractivity contribution < 1.29 is 9.84 Å².